The fourth-order valence-electron chi connectivity index (χ4n) is 3.68. The maximum absolute atomic E-state index is 7.48. The van der Waals surface area contributed by atoms with E-state index in [9.17, 15) is 0 Å². The zero-order chi connectivity index (χ0) is 17.1. The van der Waals surface area contributed by atoms with Crippen LogP contribution in [0.5, 0.6) is 0 Å². The fraction of sp³-hybridized carbons (Fsp3) is 0.474. The van der Waals surface area contributed by atoms with E-state index in [0.29, 0.717) is 6.04 Å². The van der Waals surface area contributed by atoms with Gasteiger partial charge in [0.1, 0.15) is 5.82 Å². The number of hydrogen-bond donors (Lipinski definition) is 1. The third kappa shape index (κ3) is 3.08. The molecule has 0 amide bonds. The number of aryl methyl sites for hydroxylation is 1. The number of nitrogens with zero attached hydrogens (tertiary/aromatic N) is 4. The normalized spacial score (nSPS) is 18.7. The molecule has 24 heavy (non-hydrogen) atoms. The van der Waals surface area contributed by atoms with E-state index in [2.05, 4.69) is 36.1 Å². The number of piperidine rings is 1. The van der Waals surface area contributed by atoms with Crippen molar-refractivity contribution >= 4 is 23.1 Å². The lowest BCUT2D eigenvalue weighted by Crippen LogP contribution is -2.38. The highest BCUT2D eigenvalue weighted by molar-refractivity contribution is 5.86. The summed E-state index contributed by atoms with van der Waals surface area (Å²) in [4.78, 5) is 9.09. The van der Waals surface area contributed by atoms with E-state index in [0.717, 1.165) is 24.2 Å². The summed E-state index contributed by atoms with van der Waals surface area (Å²) in [5.74, 6) is 1.17. The van der Waals surface area contributed by atoms with Gasteiger partial charge in [0, 0.05) is 30.9 Å². The minimum atomic E-state index is 0.589. The Bertz CT molecular complexity index is 725. The molecule has 1 aromatic heterocycles. The van der Waals surface area contributed by atoms with Gasteiger partial charge in [-0.2, -0.15) is 0 Å². The standard InChI is InChI=1S/C19H27N5/c1-4-23(14-20)16-9-10-18-17(12-16)21-19(24(18)5-2)13-15-8-6-7-11-22(15)3/h4,9-10,12,14-15,20H,1,5-8,11,13H2,2-3H3. The molecule has 1 atom stereocenters. The molecule has 0 bridgehead atoms. The van der Waals surface area contributed by atoms with Crippen LogP contribution < -0.4 is 4.90 Å². The van der Waals surface area contributed by atoms with Crippen molar-refractivity contribution in [2.24, 2.45) is 0 Å². The number of aromatic nitrogens is 2. The molecule has 128 valence electrons. The Morgan fingerprint density at radius 2 is 2.25 bits per heavy atom. The minimum absolute atomic E-state index is 0.589. The molecule has 0 aliphatic carbocycles. The average molecular weight is 325 g/mol. The zero-order valence-corrected chi connectivity index (χ0v) is 14.7. The van der Waals surface area contributed by atoms with Gasteiger partial charge in [0.25, 0.3) is 0 Å². The first-order valence-corrected chi connectivity index (χ1v) is 8.78. The van der Waals surface area contributed by atoms with E-state index in [1.807, 2.05) is 12.1 Å². The van der Waals surface area contributed by atoms with Crippen LogP contribution in [0.2, 0.25) is 0 Å². The van der Waals surface area contributed by atoms with Crippen molar-refractivity contribution in [1.29, 1.82) is 5.41 Å². The highest BCUT2D eigenvalue weighted by Gasteiger charge is 2.22. The fourth-order valence-corrected chi connectivity index (χ4v) is 3.68. The van der Waals surface area contributed by atoms with Crippen LogP contribution in [0, 0.1) is 5.41 Å². The molecule has 5 heteroatoms. The molecule has 0 spiro atoms. The lowest BCUT2D eigenvalue weighted by molar-refractivity contribution is 0.182. The minimum Gasteiger partial charge on any atom is -0.328 e. The van der Waals surface area contributed by atoms with Gasteiger partial charge in [-0.3, -0.25) is 5.41 Å². The monoisotopic (exact) mass is 325 g/mol. The summed E-state index contributed by atoms with van der Waals surface area (Å²) in [6, 6.07) is 6.77. The number of anilines is 1. The molecule has 1 N–H and O–H groups in total. The van der Waals surface area contributed by atoms with Crippen molar-refractivity contribution in [3.63, 3.8) is 0 Å². The molecule has 0 radical (unpaired) electrons. The number of fused-ring (bicyclic) bond motifs is 1. The lowest BCUT2D eigenvalue weighted by atomic mass is 10.00. The lowest BCUT2D eigenvalue weighted by Gasteiger charge is -2.32. The van der Waals surface area contributed by atoms with Crippen LogP contribution in [0.3, 0.4) is 0 Å². The van der Waals surface area contributed by atoms with Gasteiger partial charge in [-0.25, -0.2) is 4.98 Å². The second kappa shape index (κ2) is 7.18. The largest absolute Gasteiger partial charge is 0.328 e. The van der Waals surface area contributed by atoms with Gasteiger partial charge in [0.05, 0.1) is 17.4 Å². The van der Waals surface area contributed by atoms with Crippen LogP contribution in [-0.2, 0) is 13.0 Å². The molecular formula is C19H27N5. The van der Waals surface area contributed by atoms with Gasteiger partial charge in [-0.15, -0.1) is 0 Å². The Morgan fingerprint density at radius 3 is 2.92 bits per heavy atom. The van der Waals surface area contributed by atoms with E-state index in [-0.39, 0.29) is 0 Å². The second-order valence-electron chi connectivity index (χ2n) is 6.50. The maximum Gasteiger partial charge on any atom is 0.111 e. The summed E-state index contributed by atoms with van der Waals surface area (Å²) < 4.78 is 2.32. The number of imidazole rings is 1. The first-order valence-electron chi connectivity index (χ1n) is 8.78. The van der Waals surface area contributed by atoms with E-state index >= 15 is 0 Å². The Morgan fingerprint density at radius 1 is 1.42 bits per heavy atom. The van der Waals surface area contributed by atoms with E-state index in [1.54, 1.807) is 11.1 Å². The first-order chi connectivity index (χ1) is 11.7. The number of likely N-dealkylation sites (tertiary alicyclic amines) is 1. The Kier molecular flexibility index (Phi) is 5.00. The second-order valence-corrected chi connectivity index (χ2v) is 6.50. The van der Waals surface area contributed by atoms with Crippen molar-refractivity contribution in [2.75, 3.05) is 18.5 Å². The molecule has 1 fully saturated rings. The quantitative estimate of drug-likeness (QED) is 0.651. The third-order valence-electron chi connectivity index (χ3n) is 5.10. The molecule has 0 saturated carbocycles. The highest BCUT2D eigenvalue weighted by atomic mass is 15.2. The number of hydrogen-bond acceptors (Lipinski definition) is 3. The average Bonchev–Trinajstić information content (AvgIpc) is 2.94. The molecule has 3 rings (SSSR count). The predicted molar refractivity (Wildman–Crippen MR) is 101 cm³/mol. The molecule has 2 heterocycles. The summed E-state index contributed by atoms with van der Waals surface area (Å²) in [6.45, 7) is 8.05. The van der Waals surface area contributed by atoms with E-state index < -0.39 is 0 Å². The molecule has 1 aliphatic heterocycles. The summed E-state index contributed by atoms with van der Waals surface area (Å²) in [6.07, 6.45) is 7.79. The highest BCUT2D eigenvalue weighted by Crippen LogP contribution is 2.25. The predicted octanol–water partition coefficient (Wildman–Crippen LogP) is 3.64. The van der Waals surface area contributed by atoms with Crippen LogP contribution in [-0.4, -0.2) is 40.4 Å². The smallest absolute Gasteiger partial charge is 0.111 e. The maximum atomic E-state index is 7.48. The van der Waals surface area contributed by atoms with Gasteiger partial charge in [-0.05, 0) is 51.6 Å². The number of likely N-dealkylation sites (N-methyl/N-ethyl adjacent to an activating group) is 1. The number of benzene rings is 1. The molecule has 5 nitrogen and oxygen atoms in total. The summed E-state index contributed by atoms with van der Waals surface area (Å²) in [5, 5.41) is 7.48. The first kappa shape index (κ1) is 16.7. The van der Waals surface area contributed by atoms with Gasteiger partial charge >= 0.3 is 0 Å². The Hall–Kier alpha value is -2.14. The molecule has 1 unspecified atom stereocenters. The topological polar surface area (TPSA) is 48.2 Å². The van der Waals surface area contributed by atoms with E-state index in [1.165, 1.54) is 43.5 Å². The zero-order valence-electron chi connectivity index (χ0n) is 14.7. The van der Waals surface area contributed by atoms with Crippen molar-refractivity contribution in [3.05, 3.63) is 36.8 Å². The van der Waals surface area contributed by atoms with E-state index in [4.69, 9.17) is 10.4 Å². The summed E-state index contributed by atoms with van der Waals surface area (Å²) in [7, 11) is 2.23. The van der Waals surface area contributed by atoms with Crippen LogP contribution in [0.15, 0.2) is 31.0 Å². The summed E-state index contributed by atoms with van der Waals surface area (Å²) in [5.41, 5.74) is 3.09. The van der Waals surface area contributed by atoms with Crippen LogP contribution >= 0.6 is 0 Å². The number of nitrogens with one attached hydrogen (secondary N) is 1. The molecule has 1 aromatic carbocycles. The van der Waals surface area contributed by atoms with Gasteiger partial charge in [-0.1, -0.05) is 13.0 Å². The van der Waals surface area contributed by atoms with Crippen LogP contribution in [0.1, 0.15) is 32.0 Å². The van der Waals surface area contributed by atoms with Crippen molar-refractivity contribution in [3.8, 4) is 0 Å². The summed E-state index contributed by atoms with van der Waals surface area (Å²) >= 11 is 0. The van der Waals surface area contributed by atoms with Crippen molar-refractivity contribution in [2.45, 2.75) is 45.2 Å². The molecule has 2 aromatic rings. The third-order valence-corrected chi connectivity index (χ3v) is 5.10. The van der Waals surface area contributed by atoms with Gasteiger partial charge < -0.3 is 14.4 Å². The molecule has 1 saturated heterocycles. The Labute approximate surface area is 144 Å². The molecular weight excluding hydrogens is 298 g/mol. The van der Waals surface area contributed by atoms with Crippen LogP contribution in [0.4, 0.5) is 5.69 Å². The van der Waals surface area contributed by atoms with Gasteiger partial charge in [0.2, 0.25) is 0 Å². The van der Waals surface area contributed by atoms with Crippen molar-refractivity contribution in [1.82, 2.24) is 14.5 Å². The Balaban J connectivity index is 1.95. The van der Waals surface area contributed by atoms with Crippen molar-refractivity contribution < 1.29 is 0 Å². The molecule has 1 aliphatic rings. The van der Waals surface area contributed by atoms with Gasteiger partial charge in [0.15, 0.2) is 0 Å². The number of rotatable bonds is 6. The SMILES string of the molecule is C=CN(C=N)c1ccc2c(c1)nc(CC1CCCCN1C)n2CC. The van der Waals surface area contributed by atoms with Crippen LogP contribution in [0.25, 0.3) is 11.0 Å².